The maximum Gasteiger partial charge on any atom is 0.325 e. The summed E-state index contributed by atoms with van der Waals surface area (Å²) in [6.45, 7) is 2.16. The quantitative estimate of drug-likeness (QED) is 0.803. The summed E-state index contributed by atoms with van der Waals surface area (Å²) in [7, 11) is 0. The van der Waals surface area contributed by atoms with Crippen molar-refractivity contribution >= 4 is 5.97 Å². The van der Waals surface area contributed by atoms with E-state index in [1.807, 2.05) is 0 Å². The average Bonchev–Trinajstić information content (AvgIpc) is 2.18. The van der Waals surface area contributed by atoms with Crippen LogP contribution in [0.5, 0.6) is 0 Å². The Morgan fingerprint density at radius 2 is 2.13 bits per heavy atom. The maximum absolute atomic E-state index is 12.8. The van der Waals surface area contributed by atoms with Gasteiger partial charge in [0.05, 0.1) is 0 Å². The zero-order chi connectivity index (χ0) is 11.4. The molecule has 0 amide bonds. The van der Waals surface area contributed by atoms with Gasteiger partial charge in [0, 0.05) is 0 Å². The Balaban J connectivity index is 3.01. The van der Waals surface area contributed by atoms with E-state index in [1.165, 1.54) is 6.07 Å². The summed E-state index contributed by atoms with van der Waals surface area (Å²) in [4.78, 5) is 10.8. The van der Waals surface area contributed by atoms with E-state index in [1.54, 1.807) is 6.92 Å². The van der Waals surface area contributed by atoms with Crippen molar-refractivity contribution in [2.75, 3.05) is 6.54 Å². The van der Waals surface area contributed by atoms with Gasteiger partial charge < -0.3 is 10.4 Å². The second kappa shape index (κ2) is 4.84. The Morgan fingerprint density at radius 3 is 2.60 bits per heavy atom. The van der Waals surface area contributed by atoms with Gasteiger partial charge in [-0.05, 0) is 24.2 Å². The number of carboxylic acid groups (broad SMARTS) is 1. The van der Waals surface area contributed by atoms with E-state index in [0.717, 1.165) is 12.1 Å². The van der Waals surface area contributed by atoms with Gasteiger partial charge in [0.1, 0.15) is 6.04 Å². The Labute approximate surface area is 85.7 Å². The van der Waals surface area contributed by atoms with Crippen molar-refractivity contribution in [3.8, 4) is 0 Å². The molecule has 0 aliphatic heterocycles. The normalized spacial score (nSPS) is 12.5. The highest BCUT2D eigenvalue weighted by Gasteiger charge is 2.19. The molecule has 0 aliphatic carbocycles. The third-order valence-electron chi connectivity index (χ3n) is 1.93. The van der Waals surface area contributed by atoms with Gasteiger partial charge in [-0.2, -0.15) is 0 Å². The first-order valence-corrected chi connectivity index (χ1v) is 4.47. The lowest BCUT2D eigenvalue weighted by molar-refractivity contribution is -0.139. The number of likely N-dealkylation sites (N-methyl/N-ethyl adjacent to an activating group) is 1. The average molecular weight is 215 g/mol. The second-order valence-corrected chi connectivity index (χ2v) is 3.00. The number of hydrogen-bond donors (Lipinski definition) is 2. The fourth-order valence-electron chi connectivity index (χ4n) is 1.24. The summed E-state index contributed by atoms with van der Waals surface area (Å²) in [6.07, 6.45) is 0. The molecule has 2 N–H and O–H groups in total. The molecule has 0 saturated heterocycles. The molecule has 0 saturated carbocycles. The number of halogens is 2. The van der Waals surface area contributed by atoms with Crippen LogP contribution >= 0.6 is 0 Å². The molecule has 1 aromatic rings. The number of carbonyl (C=O) groups is 1. The van der Waals surface area contributed by atoms with Crippen LogP contribution in [0.1, 0.15) is 18.5 Å². The van der Waals surface area contributed by atoms with Crippen molar-refractivity contribution in [1.29, 1.82) is 0 Å². The van der Waals surface area contributed by atoms with Gasteiger partial charge in [0.15, 0.2) is 11.6 Å². The molecule has 3 nitrogen and oxygen atoms in total. The van der Waals surface area contributed by atoms with Gasteiger partial charge in [0.25, 0.3) is 0 Å². The van der Waals surface area contributed by atoms with Crippen molar-refractivity contribution in [2.45, 2.75) is 13.0 Å². The van der Waals surface area contributed by atoms with Crippen LogP contribution in [0.3, 0.4) is 0 Å². The molecule has 0 aliphatic rings. The summed E-state index contributed by atoms with van der Waals surface area (Å²) in [6, 6.07) is 2.04. The molecule has 1 atom stereocenters. The Kier molecular flexibility index (Phi) is 3.74. The number of benzene rings is 1. The molecule has 5 heteroatoms. The lowest BCUT2D eigenvalue weighted by Crippen LogP contribution is -2.28. The van der Waals surface area contributed by atoms with Crippen LogP contribution in [0.25, 0.3) is 0 Å². The summed E-state index contributed by atoms with van der Waals surface area (Å²) >= 11 is 0. The maximum atomic E-state index is 12.8. The topological polar surface area (TPSA) is 49.3 Å². The molecule has 0 aromatic heterocycles. The number of nitrogens with one attached hydrogen (secondary N) is 1. The summed E-state index contributed by atoms with van der Waals surface area (Å²) < 4.78 is 25.5. The van der Waals surface area contributed by atoms with E-state index in [0.29, 0.717) is 6.54 Å². The van der Waals surface area contributed by atoms with Crippen LogP contribution in [0.15, 0.2) is 18.2 Å². The van der Waals surface area contributed by atoms with Crippen LogP contribution in [-0.4, -0.2) is 17.6 Å². The Hall–Kier alpha value is -1.49. The molecular weight excluding hydrogens is 204 g/mol. The zero-order valence-electron chi connectivity index (χ0n) is 8.13. The predicted octanol–water partition coefficient (Wildman–Crippen LogP) is 1.70. The highest BCUT2D eigenvalue weighted by Crippen LogP contribution is 2.16. The van der Waals surface area contributed by atoms with Crippen molar-refractivity contribution in [3.05, 3.63) is 35.4 Å². The molecule has 82 valence electrons. The minimum absolute atomic E-state index is 0.197. The fraction of sp³-hybridized carbons (Fsp3) is 0.300. The van der Waals surface area contributed by atoms with E-state index in [4.69, 9.17) is 5.11 Å². The number of aliphatic carboxylic acids is 1. The van der Waals surface area contributed by atoms with Crippen molar-refractivity contribution < 1.29 is 18.7 Å². The first-order valence-electron chi connectivity index (χ1n) is 4.47. The molecule has 0 radical (unpaired) electrons. The number of carboxylic acids is 1. The van der Waals surface area contributed by atoms with Crippen LogP contribution in [0, 0.1) is 11.6 Å². The molecule has 1 rings (SSSR count). The van der Waals surface area contributed by atoms with Crippen LogP contribution in [0.4, 0.5) is 8.78 Å². The van der Waals surface area contributed by atoms with Crippen LogP contribution in [0.2, 0.25) is 0 Å². The van der Waals surface area contributed by atoms with E-state index in [-0.39, 0.29) is 5.56 Å². The third kappa shape index (κ3) is 2.73. The summed E-state index contributed by atoms with van der Waals surface area (Å²) in [5, 5.41) is 11.5. The highest BCUT2D eigenvalue weighted by atomic mass is 19.2. The fourth-order valence-corrected chi connectivity index (χ4v) is 1.24. The van der Waals surface area contributed by atoms with E-state index in [9.17, 15) is 13.6 Å². The molecule has 0 spiro atoms. The molecule has 0 heterocycles. The second-order valence-electron chi connectivity index (χ2n) is 3.00. The van der Waals surface area contributed by atoms with E-state index < -0.39 is 23.6 Å². The van der Waals surface area contributed by atoms with Gasteiger partial charge in [0.2, 0.25) is 0 Å². The third-order valence-corrected chi connectivity index (χ3v) is 1.93. The van der Waals surface area contributed by atoms with Crippen LogP contribution in [-0.2, 0) is 4.79 Å². The Bertz CT molecular complexity index is 368. The van der Waals surface area contributed by atoms with Gasteiger partial charge in [-0.3, -0.25) is 4.79 Å². The molecule has 0 unspecified atom stereocenters. The van der Waals surface area contributed by atoms with Gasteiger partial charge in [-0.25, -0.2) is 8.78 Å². The smallest absolute Gasteiger partial charge is 0.325 e. The van der Waals surface area contributed by atoms with Gasteiger partial charge >= 0.3 is 5.97 Å². The van der Waals surface area contributed by atoms with Crippen LogP contribution < -0.4 is 5.32 Å². The molecule has 0 fully saturated rings. The zero-order valence-corrected chi connectivity index (χ0v) is 8.13. The van der Waals surface area contributed by atoms with Gasteiger partial charge in [-0.15, -0.1) is 0 Å². The molecular formula is C10H11F2NO2. The van der Waals surface area contributed by atoms with Crippen molar-refractivity contribution in [2.24, 2.45) is 0 Å². The number of rotatable bonds is 4. The minimum atomic E-state index is -1.12. The molecule has 0 bridgehead atoms. The predicted molar refractivity (Wildman–Crippen MR) is 50.4 cm³/mol. The lowest BCUT2D eigenvalue weighted by Gasteiger charge is -2.13. The lowest BCUT2D eigenvalue weighted by atomic mass is 10.1. The number of hydrogen-bond acceptors (Lipinski definition) is 2. The minimum Gasteiger partial charge on any atom is -0.480 e. The summed E-state index contributed by atoms with van der Waals surface area (Å²) in [5.41, 5.74) is 0.197. The molecule has 1 aromatic carbocycles. The van der Waals surface area contributed by atoms with E-state index in [2.05, 4.69) is 5.32 Å². The monoisotopic (exact) mass is 215 g/mol. The first-order chi connectivity index (χ1) is 7.06. The highest BCUT2D eigenvalue weighted by molar-refractivity contribution is 5.75. The Morgan fingerprint density at radius 1 is 1.47 bits per heavy atom. The molecule has 15 heavy (non-hydrogen) atoms. The largest absolute Gasteiger partial charge is 0.480 e. The van der Waals surface area contributed by atoms with E-state index >= 15 is 0 Å². The standard InChI is InChI=1S/C10H11F2NO2/c1-2-13-9(10(14)15)6-3-4-7(11)8(12)5-6/h3-5,9,13H,2H2,1H3,(H,14,15)/t9-/m1/s1. The van der Waals surface area contributed by atoms with Crippen molar-refractivity contribution in [1.82, 2.24) is 5.32 Å². The summed E-state index contributed by atoms with van der Waals surface area (Å²) in [5.74, 6) is -3.15. The van der Waals surface area contributed by atoms with Crippen molar-refractivity contribution in [3.63, 3.8) is 0 Å². The SMILES string of the molecule is CCN[C@@H](C(=O)O)c1ccc(F)c(F)c1. The first kappa shape index (κ1) is 11.6. The van der Waals surface area contributed by atoms with Gasteiger partial charge in [-0.1, -0.05) is 13.0 Å².